The van der Waals surface area contributed by atoms with Crippen molar-refractivity contribution < 1.29 is 23.9 Å². The lowest BCUT2D eigenvalue weighted by atomic mass is 10.0. The van der Waals surface area contributed by atoms with Gasteiger partial charge in [-0.1, -0.05) is 13.8 Å². The van der Waals surface area contributed by atoms with E-state index < -0.39 is 24.0 Å². The largest absolute Gasteiger partial charge is 0.467 e. The van der Waals surface area contributed by atoms with Crippen LogP contribution in [0.5, 0.6) is 0 Å². The van der Waals surface area contributed by atoms with Gasteiger partial charge in [0.1, 0.15) is 12.1 Å². The van der Waals surface area contributed by atoms with Crippen LogP contribution >= 0.6 is 11.8 Å². The first-order valence-corrected chi connectivity index (χ1v) is 10.7. The van der Waals surface area contributed by atoms with Crippen LogP contribution in [0.3, 0.4) is 0 Å². The molecule has 1 heterocycles. The molecule has 3 atom stereocenters. The van der Waals surface area contributed by atoms with Crippen LogP contribution in [0, 0.1) is 5.92 Å². The third kappa shape index (κ3) is 6.88. The summed E-state index contributed by atoms with van der Waals surface area (Å²) in [6, 6.07) is -2.27. The number of nitrogens with zero attached hydrogens (tertiary/aromatic N) is 1. The molecule has 0 unspecified atom stereocenters. The molecule has 1 aliphatic heterocycles. The van der Waals surface area contributed by atoms with Crippen molar-refractivity contribution in [3.05, 3.63) is 0 Å². The number of ether oxygens (including phenoxy) is 1. The molecule has 1 saturated heterocycles. The summed E-state index contributed by atoms with van der Waals surface area (Å²) in [6.45, 7) is 7.53. The van der Waals surface area contributed by atoms with E-state index in [0.717, 1.165) is 0 Å². The molecule has 10 heteroatoms. The average Bonchev–Trinajstić information content (AvgIpc) is 3.01. The molecule has 28 heavy (non-hydrogen) atoms. The SMILES string of the molecule is COC(=O)[C@H](NC(=O)[C@@H]1C[C@H](NC(=O)NC(C)C)CN1C(=O)CSC)C(C)C. The quantitative estimate of drug-likeness (QED) is 0.491. The van der Waals surface area contributed by atoms with Crippen LogP contribution in [0.1, 0.15) is 34.1 Å². The Labute approximate surface area is 170 Å². The van der Waals surface area contributed by atoms with Crippen molar-refractivity contribution in [1.82, 2.24) is 20.9 Å². The summed E-state index contributed by atoms with van der Waals surface area (Å²) in [5.74, 6) is -1.07. The molecular weight excluding hydrogens is 384 g/mol. The molecule has 0 aromatic heterocycles. The molecule has 0 spiro atoms. The zero-order valence-electron chi connectivity index (χ0n) is 17.4. The van der Waals surface area contributed by atoms with E-state index in [2.05, 4.69) is 16.0 Å². The maximum Gasteiger partial charge on any atom is 0.328 e. The second-order valence-electron chi connectivity index (χ2n) is 7.45. The minimum atomic E-state index is -0.800. The Balaban J connectivity index is 2.90. The standard InChI is InChI=1S/C18H32N4O5S/c1-10(2)15(17(25)27-5)21-16(24)13-7-12(20-18(26)19-11(3)4)8-22(13)14(23)9-28-6/h10-13,15H,7-9H2,1-6H3,(H,21,24)(H2,19,20,26)/t12-,13-,15+/m0/s1. The summed E-state index contributed by atoms with van der Waals surface area (Å²) in [5, 5.41) is 8.24. The number of urea groups is 1. The van der Waals surface area contributed by atoms with E-state index in [1.54, 1.807) is 20.1 Å². The third-order valence-corrected chi connectivity index (χ3v) is 4.90. The minimum absolute atomic E-state index is 0.0263. The molecular formula is C18H32N4O5S. The van der Waals surface area contributed by atoms with Gasteiger partial charge in [0.2, 0.25) is 11.8 Å². The molecule has 0 aromatic carbocycles. The highest BCUT2D eigenvalue weighted by Crippen LogP contribution is 2.20. The monoisotopic (exact) mass is 416 g/mol. The van der Waals surface area contributed by atoms with Crippen molar-refractivity contribution >= 4 is 35.6 Å². The van der Waals surface area contributed by atoms with Gasteiger partial charge in [0, 0.05) is 12.6 Å². The predicted octanol–water partition coefficient (Wildman–Crippen LogP) is 0.340. The zero-order chi connectivity index (χ0) is 21.4. The molecule has 0 aliphatic carbocycles. The lowest BCUT2D eigenvalue weighted by Gasteiger charge is -2.26. The van der Waals surface area contributed by atoms with Crippen molar-refractivity contribution in [2.75, 3.05) is 25.7 Å². The van der Waals surface area contributed by atoms with E-state index >= 15 is 0 Å². The van der Waals surface area contributed by atoms with Crippen LogP contribution in [0.25, 0.3) is 0 Å². The number of methoxy groups -OCH3 is 1. The Morgan fingerprint density at radius 3 is 2.29 bits per heavy atom. The van der Waals surface area contributed by atoms with E-state index in [4.69, 9.17) is 4.74 Å². The Morgan fingerprint density at radius 1 is 1.14 bits per heavy atom. The number of hydrogen-bond donors (Lipinski definition) is 3. The van der Waals surface area contributed by atoms with Crippen molar-refractivity contribution in [2.45, 2.75) is 58.3 Å². The van der Waals surface area contributed by atoms with Gasteiger partial charge in [-0.25, -0.2) is 9.59 Å². The van der Waals surface area contributed by atoms with Crippen molar-refractivity contribution in [1.29, 1.82) is 0 Å². The van der Waals surface area contributed by atoms with E-state index in [-0.39, 0.29) is 48.7 Å². The van der Waals surface area contributed by atoms with Crippen LogP contribution in [0.2, 0.25) is 0 Å². The smallest absolute Gasteiger partial charge is 0.328 e. The number of hydrogen-bond acceptors (Lipinski definition) is 6. The maximum absolute atomic E-state index is 12.9. The van der Waals surface area contributed by atoms with Crippen molar-refractivity contribution in [2.24, 2.45) is 5.92 Å². The zero-order valence-corrected chi connectivity index (χ0v) is 18.2. The highest BCUT2D eigenvalue weighted by atomic mass is 32.2. The number of nitrogens with one attached hydrogen (secondary N) is 3. The van der Waals surface area contributed by atoms with Crippen LogP contribution in [-0.2, 0) is 19.1 Å². The number of esters is 1. The van der Waals surface area contributed by atoms with Crippen LogP contribution in [-0.4, -0.2) is 78.5 Å². The van der Waals surface area contributed by atoms with Gasteiger partial charge in [-0.05, 0) is 32.4 Å². The second-order valence-corrected chi connectivity index (χ2v) is 8.32. The first-order valence-electron chi connectivity index (χ1n) is 9.34. The molecule has 4 amide bonds. The fourth-order valence-electron chi connectivity index (χ4n) is 3.03. The summed E-state index contributed by atoms with van der Waals surface area (Å²) in [6.07, 6.45) is 2.09. The highest BCUT2D eigenvalue weighted by Gasteiger charge is 2.41. The van der Waals surface area contributed by atoms with Gasteiger partial charge in [0.15, 0.2) is 0 Å². The number of amides is 4. The Hall–Kier alpha value is -1.97. The summed E-state index contributed by atoms with van der Waals surface area (Å²) >= 11 is 1.36. The average molecular weight is 417 g/mol. The van der Waals surface area contributed by atoms with E-state index in [0.29, 0.717) is 0 Å². The van der Waals surface area contributed by atoms with Crippen molar-refractivity contribution in [3.8, 4) is 0 Å². The summed E-state index contributed by atoms with van der Waals surface area (Å²) in [7, 11) is 1.26. The van der Waals surface area contributed by atoms with Gasteiger partial charge in [-0.3, -0.25) is 9.59 Å². The lowest BCUT2D eigenvalue weighted by molar-refractivity contribution is -0.147. The van der Waals surface area contributed by atoms with E-state index in [9.17, 15) is 19.2 Å². The molecule has 1 fully saturated rings. The number of likely N-dealkylation sites (tertiary alicyclic amines) is 1. The molecule has 160 valence electrons. The number of carbonyl (C=O) groups excluding carboxylic acids is 4. The fourth-order valence-corrected chi connectivity index (χ4v) is 3.45. The van der Waals surface area contributed by atoms with E-state index in [1.165, 1.54) is 23.8 Å². The van der Waals surface area contributed by atoms with Crippen molar-refractivity contribution in [3.63, 3.8) is 0 Å². The molecule has 0 radical (unpaired) electrons. The topological polar surface area (TPSA) is 117 Å². The Kier molecular flexibility index (Phi) is 9.57. The second kappa shape index (κ2) is 11.1. The maximum atomic E-state index is 12.9. The Morgan fingerprint density at radius 2 is 1.79 bits per heavy atom. The molecule has 0 saturated carbocycles. The van der Waals surface area contributed by atoms with Gasteiger partial charge >= 0.3 is 12.0 Å². The highest BCUT2D eigenvalue weighted by molar-refractivity contribution is 7.99. The van der Waals surface area contributed by atoms with Crippen LogP contribution in [0.15, 0.2) is 0 Å². The third-order valence-electron chi connectivity index (χ3n) is 4.37. The molecule has 3 N–H and O–H groups in total. The molecule has 0 aromatic rings. The first-order chi connectivity index (χ1) is 13.1. The molecule has 1 rings (SSSR count). The summed E-state index contributed by atoms with van der Waals surface area (Å²) in [5.41, 5.74) is 0. The first kappa shape index (κ1) is 24.1. The van der Waals surface area contributed by atoms with Gasteiger partial charge in [0.25, 0.3) is 0 Å². The van der Waals surface area contributed by atoms with Gasteiger partial charge in [-0.2, -0.15) is 11.8 Å². The molecule has 9 nitrogen and oxygen atoms in total. The minimum Gasteiger partial charge on any atom is -0.467 e. The Bertz CT molecular complexity index is 584. The summed E-state index contributed by atoms with van der Waals surface area (Å²) in [4.78, 5) is 50.8. The predicted molar refractivity (Wildman–Crippen MR) is 108 cm³/mol. The van der Waals surface area contributed by atoms with E-state index in [1.807, 2.05) is 13.8 Å². The van der Waals surface area contributed by atoms with Gasteiger partial charge in [-0.15, -0.1) is 0 Å². The summed E-state index contributed by atoms with van der Waals surface area (Å²) < 4.78 is 4.76. The molecule has 0 bridgehead atoms. The van der Waals surface area contributed by atoms with Gasteiger partial charge in [0.05, 0.1) is 18.9 Å². The van der Waals surface area contributed by atoms with Crippen LogP contribution in [0.4, 0.5) is 4.79 Å². The molecule has 1 aliphatic rings. The number of rotatable bonds is 8. The number of carbonyl (C=O) groups is 4. The van der Waals surface area contributed by atoms with Crippen LogP contribution < -0.4 is 16.0 Å². The normalized spacial score (nSPS) is 20.1. The fraction of sp³-hybridized carbons (Fsp3) is 0.778. The lowest BCUT2D eigenvalue weighted by Crippen LogP contribution is -2.53. The van der Waals surface area contributed by atoms with Gasteiger partial charge < -0.3 is 25.6 Å². The number of thioether (sulfide) groups is 1.